The summed E-state index contributed by atoms with van der Waals surface area (Å²) >= 11 is 0. The fraction of sp³-hybridized carbons (Fsp3) is 0.615. The van der Waals surface area contributed by atoms with Gasteiger partial charge in [-0.05, 0) is 25.7 Å². The summed E-state index contributed by atoms with van der Waals surface area (Å²) in [5.74, 6) is 1.06. The van der Waals surface area contributed by atoms with Crippen LogP contribution in [0.5, 0.6) is 0 Å². The van der Waals surface area contributed by atoms with Crippen molar-refractivity contribution in [2.45, 2.75) is 37.8 Å². The van der Waals surface area contributed by atoms with Crippen LogP contribution < -0.4 is 5.73 Å². The normalized spacial score (nSPS) is 17.7. The van der Waals surface area contributed by atoms with Crippen LogP contribution in [0.1, 0.15) is 31.5 Å². The minimum atomic E-state index is -0.387. The molecule has 1 saturated carbocycles. The smallest absolute Gasteiger partial charge is 0.278 e. The van der Waals surface area contributed by atoms with Crippen LogP contribution in [0, 0.1) is 0 Å². The van der Waals surface area contributed by atoms with Crippen LogP contribution in [0.2, 0.25) is 0 Å². The number of aromatic nitrogens is 4. The van der Waals surface area contributed by atoms with E-state index < -0.39 is 0 Å². The van der Waals surface area contributed by atoms with E-state index in [0.29, 0.717) is 24.0 Å². The van der Waals surface area contributed by atoms with E-state index >= 15 is 0 Å². The molecule has 2 heterocycles. The van der Waals surface area contributed by atoms with Crippen molar-refractivity contribution in [2.24, 2.45) is 5.73 Å². The lowest BCUT2D eigenvalue weighted by molar-refractivity contribution is -0.0178. The van der Waals surface area contributed by atoms with E-state index in [1.807, 2.05) is 10.8 Å². The van der Waals surface area contributed by atoms with Crippen molar-refractivity contribution in [3.05, 3.63) is 18.3 Å². The largest absolute Gasteiger partial charge is 0.370 e. The molecule has 0 atom stereocenters. The first-order valence-corrected chi connectivity index (χ1v) is 6.89. The van der Waals surface area contributed by atoms with E-state index in [1.165, 1.54) is 0 Å². The highest BCUT2D eigenvalue weighted by atomic mass is 16.5. The fourth-order valence-corrected chi connectivity index (χ4v) is 2.72. The summed E-state index contributed by atoms with van der Waals surface area (Å²) in [7, 11) is 1.71. The Morgan fingerprint density at radius 2 is 2.25 bits per heavy atom. The number of ether oxygens (including phenoxy) is 1. The monoisotopic (exact) mass is 277 g/mol. The number of hydrogen-bond donors (Lipinski definition) is 1. The number of nitrogens with zero attached hydrogens (tertiary/aromatic N) is 4. The summed E-state index contributed by atoms with van der Waals surface area (Å²) in [6.07, 6.45) is 7.70. The molecule has 0 aromatic carbocycles. The molecule has 20 heavy (non-hydrogen) atoms. The van der Waals surface area contributed by atoms with Gasteiger partial charge >= 0.3 is 0 Å². The van der Waals surface area contributed by atoms with E-state index in [-0.39, 0.29) is 5.60 Å². The van der Waals surface area contributed by atoms with Crippen LogP contribution in [0.25, 0.3) is 11.6 Å². The van der Waals surface area contributed by atoms with Gasteiger partial charge in [-0.3, -0.25) is 0 Å². The number of imidazole rings is 1. The van der Waals surface area contributed by atoms with Gasteiger partial charge in [-0.2, -0.15) is 4.98 Å². The average molecular weight is 277 g/mol. The second kappa shape index (κ2) is 5.34. The topological polar surface area (TPSA) is 92.0 Å². The standard InChI is InChI=1S/C13H19N5O2/c1-19-13(4-2-3-5-13)12-16-11(20-17-12)10-8-18(7-6-14)9-15-10/h8-9H,2-7,14H2,1H3. The number of rotatable bonds is 5. The summed E-state index contributed by atoms with van der Waals surface area (Å²) in [4.78, 5) is 8.73. The Morgan fingerprint density at radius 3 is 2.95 bits per heavy atom. The van der Waals surface area contributed by atoms with Gasteiger partial charge in [0.1, 0.15) is 11.3 Å². The highest BCUT2D eigenvalue weighted by Gasteiger charge is 2.40. The van der Waals surface area contributed by atoms with Crippen LogP contribution in [0.3, 0.4) is 0 Å². The third kappa shape index (κ3) is 2.23. The second-order valence-corrected chi connectivity index (χ2v) is 5.11. The molecule has 108 valence electrons. The average Bonchev–Trinajstić information content (AvgIpc) is 3.19. The molecular formula is C13H19N5O2. The Balaban J connectivity index is 1.85. The molecule has 0 amide bonds. The third-order valence-electron chi connectivity index (χ3n) is 3.88. The number of methoxy groups -OCH3 is 1. The molecular weight excluding hydrogens is 258 g/mol. The van der Waals surface area contributed by atoms with Gasteiger partial charge in [0, 0.05) is 26.4 Å². The molecule has 2 aromatic heterocycles. The molecule has 0 spiro atoms. The van der Waals surface area contributed by atoms with Crippen molar-refractivity contribution in [3.8, 4) is 11.6 Å². The molecule has 0 aliphatic heterocycles. The van der Waals surface area contributed by atoms with Gasteiger partial charge in [0.25, 0.3) is 5.89 Å². The zero-order valence-corrected chi connectivity index (χ0v) is 11.6. The lowest BCUT2D eigenvalue weighted by Gasteiger charge is -2.22. The highest BCUT2D eigenvalue weighted by molar-refractivity contribution is 5.44. The van der Waals surface area contributed by atoms with Crippen LogP contribution in [-0.4, -0.2) is 33.3 Å². The van der Waals surface area contributed by atoms with E-state index in [1.54, 1.807) is 13.4 Å². The summed E-state index contributed by atoms with van der Waals surface area (Å²) in [6, 6.07) is 0. The molecule has 2 N–H and O–H groups in total. The predicted octanol–water partition coefficient (Wildman–Crippen LogP) is 1.31. The predicted molar refractivity (Wildman–Crippen MR) is 71.7 cm³/mol. The first-order valence-electron chi connectivity index (χ1n) is 6.89. The van der Waals surface area contributed by atoms with Gasteiger partial charge < -0.3 is 19.6 Å². The molecule has 3 rings (SSSR count). The molecule has 7 heteroatoms. The van der Waals surface area contributed by atoms with Crippen molar-refractivity contribution < 1.29 is 9.26 Å². The maximum atomic E-state index is 5.65. The third-order valence-corrected chi connectivity index (χ3v) is 3.88. The Labute approximate surface area is 117 Å². The van der Waals surface area contributed by atoms with Gasteiger partial charge in [0.2, 0.25) is 5.82 Å². The minimum absolute atomic E-state index is 0.387. The fourth-order valence-electron chi connectivity index (χ4n) is 2.72. The molecule has 1 aliphatic rings. The molecule has 1 fully saturated rings. The molecule has 7 nitrogen and oxygen atoms in total. The Morgan fingerprint density at radius 1 is 1.45 bits per heavy atom. The number of hydrogen-bond acceptors (Lipinski definition) is 6. The minimum Gasteiger partial charge on any atom is -0.370 e. The van der Waals surface area contributed by atoms with Crippen LogP contribution in [0.4, 0.5) is 0 Å². The first-order chi connectivity index (χ1) is 9.77. The number of nitrogens with two attached hydrogens (primary N) is 1. The lowest BCUT2D eigenvalue weighted by Crippen LogP contribution is -2.25. The Hall–Kier alpha value is -1.73. The van der Waals surface area contributed by atoms with Gasteiger partial charge in [0.05, 0.1) is 6.33 Å². The van der Waals surface area contributed by atoms with Crippen molar-refractivity contribution in [1.82, 2.24) is 19.7 Å². The van der Waals surface area contributed by atoms with Gasteiger partial charge in [-0.1, -0.05) is 5.16 Å². The maximum absolute atomic E-state index is 5.65. The van der Waals surface area contributed by atoms with Crippen LogP contribution in [0.15, 0.2) is 17.0 Å². The van der Waals surface area contributed by atoms with Crippen molar-refractivity contribution in [1.29, 1.82) is 0 Å². The molecule has 1 aliphatic carbocycles. The molecule has 0 saturated heterocycles. The van der Waals surface area contributed by atoms with E-state index in [9.17, 15) is 0 Å². The maximum Gasteiger partial charge on any atom is 0.278 e. The van der Waals surface area contributed by atoms with E-state index in [4.69, 9.17) is 15.0 Å². The van der Waals surface area contributed by atoms with Crippen LogP contribution >= 0.6 is 0 Å². The molecule has 0 radical (unpaired) electrons. The van der Waals surface area contributed by atoms with E-state index in [0.717, 1.165) is 32.2 Å². The van der Waals surface area contributed by atoms with Crippen molar-refractivity contribution >= 4 is 0 Å². The summed E-state index contributed by atoms with van der Waals surface area (Å²) in [6.45, 7) is 1.29. The van der Waals surface area contributed by atoms with Gasteiger partial charge in [-0.25, -0.2) is 4.98 Å². The SMILES string of the molecule is COC1(c2noc(-c3cn(CCN)cn3)n2)CCCC1. The quantitative estimate of drug-likeness (QED) is 0.885. The second-order valence-electron chi connectivity index (χ2n) is 5.11. The molecule has 0 unspecified atom stereocenters. The Kier molecular flexibility index (Phi) is 3.54. The van der Waals surface area contributed by atoms with Crippen molar-refractivity contribution in [3.63, 3.8) is 0 Å². The zero-order chi connectivity index (χ0) is 14.0. The van der Waals surface area contributed by atoms with Crippen LogP contribution in [-0.2, 0) is 16.9 Å². The highest BCUT2D eigenvalue weighted by Crippen LogP contribution is 2.40. The first kappa shape index (κ1) is 13.3. The lowest BCUT2D eigenvalue weighted by atomic mass is 10.0. The molecule has 2 aromatic rings. The van der Waals surface area contributed by atoms with Gasteiger partial charge in [0.15, 0.2) is 0 Å². The molecule has 0 bridgehead atoms. The summed E-state index contributed by atoms with van der Waals surface area (Å²) < 4.78 is 12.9. The zero-order valence-electron chi connectivity index (χ0n) is 11.6. The Bertz CT molecular complexity index is 571. The van der Waals surface area contributed by atoms with Crippen molar-refractivity contribution in [2.75, 3.05) is 13.7 Å². The summed E-state index contributed by atoms with van der Waals surface area (Å²) in [5, 5.41) is 4.09. The van der Waals surface area contributed by atoms with E-state index in [2.05, 4.69) is 15.1 Å². The van der Waals surface area contributed by atoms with Gasteiger partial charge in [-0.15, -0.1) is 0 Å². The summed E-state index contributed by atoms with van der Waals surface area (Å²) in [5.41, 5.74) is 5.79.